The third-order valence-corrected chi connectivity index (χ3v) is 1.57. The molecule has 0 saturated heterocycles. The average molecular weight is 402 g/mol. The van der Waals surface area contributed by atoms with Crippen LogP contribution in [-0.2, 0) is 26.4 Å². The molecular formula is C13H14F6MnO2P-. The summed E-state index contributed by atoms with van der Waals surface area (Å²) in [7, 11) is -10.7. The van der Waals surface area contributed by atoms with Gasteiger partial charge in [0.25, 0.3) is 0 Å². The first-order chi connectivity index (χ1) is 9.95. The Bertz CT molecular complexity index is 257. The van der Waals surface area contributed by atoms with Crippen LogP contribution >= 0.6 is 7.81 Å². The predicted octanol–water partition coefficient (Wildman–Crippen LogP) is 6.11. The molecule has 0 aliphatic heterocycles. The van der Waals surface area contributed by atoms with Crippen molar-refractivity contribution in [3.8, 4) is 0 Å². The molecule has 2 aliphatic carbocycles. The molecule has 2 aliphatic rings. The molecule has 0 aromatic rings. The van der Waals surface area contributed by atoms with Gasteiger partial charge >= 0.3 is 55.6 Å². The molecule has 0 aromatic heterocycles. The molecule has 0 atom stereocenters. The van der Waals surface area contributed by atoms with Crippen molar-refractivity contribution >= 4 is 7.81 Å². The van der Waals surface area contributed by atoms with E-state index in [4.69, 9.17) is 9.30 Å². The van der Waals surface area contributed by atoms with Crippen LogP contribution in [-0.4, -0.2) is 0 Å². The Kier molecular flexibility index (Phi) is 19.3. The van der Waals surface area contributed by atoms with Gasteiger partial charge in [-0.05, 0) is 64.2 Å². The molecule has 0 spiro atoms. The van der Waals surface area contributed by atoms with Crippen molar-refractivity contribution in [3.05, 3.63) is 64.7 Å². The van der Waals surface area contributed by atoms with Gasteiger partial charge in [0.1, 0.15) is 0 Å². The smallest absolute Gasteiger partial charge is 0 e. The van der Waals surface area contributed by atoms with Crippen LogP contribution in [0.4, 0.5) is 25.2 Å². The summed E-state index contributed by atoms with van der Waals surface area (Å²) >= 11 is 0. The zero-order valence-corrected chi connectivity index (χ0v) is 13.7. The Hall–Kier alpha value is 0.00948. The largest absolute Gasteiger partial charge is 0.0527 e. The van der Waals surface area contributed by atoms with Crippen molar-refractivity contribution in [2.24, 2.45) is 0 Å². The fourth-order valence-corrected chi connectivity index (χ4v) is 0.963. The van der Waals surface area contributed by atoms with Gasteiger partial charge in [0.05, 0.1) is 0 Å². The first kappa shape index (κ1) is 30.8. The molecule has 2 nitrogen and oxygen atoms in total. The molecule has 133 valence electrons. The van der Waals surface area contributed by atoms with Crippen LogP contribution in [0.5, 0.6) is 0 Å². The van der Waals surface area contributed by atoms with Gasteiger partial charge in [0, 0.05) is 17.1 Å². The van der Waals surface area contributed by atoms with Gasteiger partial charge in [0.2, 0.25) is 0 Å². The summed E-state index contributed by atoms with van der Waals surface area (Å²) in [6.45, 7) is 9.00. The minimum atomic E-state index is -10.7. The van der Waals surface area contributed by atoms with E-state index in [1.165, 1.54) is 19.3 Å². The second-order valence-corrected chi connectivity index (χ2v) is 5.43. The Labute approximate surface area is 143 Å². The molecule has 10 heteroatoms. The molecule has 23 heavy (non-hydrogen) atoms. The van der Waals surface area contributed by atoms with E-state index in [0.717, 1.165) is 0 Å². The molecule has 0 N–H and O–H groups in total. The Balaban J connectivity index is -0.000000105. The molecule has 0 heterocycles. The monoisotopic (exact) mass is 402 g/mol. The standard InChI is InChI=1S/C6H9.C5H5.2CO.F6P.Mn/c1-2-4-6-5-3-1;1-2-4-5-3-1;2*1-2;1-7(2,3,4,5)6;/h1-3H,4-6H2;1-5H;;;;/q;;;;-1;. The maximum absolute atomic E-state index is 10.7. The summed E-state index contributed by atoms with van der Waals surface area (Å²) in [5, 5.41) is 0. The van der Waals surface area contributed by atoms with Crippen molar-refractivity contribution in [2.75, 3.05) is 0 Å². The van der Waals surface area contributed by atoms with Crippen molar-refractivity contribution in [1.82, 2.24) is 0 Å². The van der Waals surface area contributed by atoms with Gasteiger partial charge in [0.15, 0.2) is 0 Å². The van der Waals surface area contributed by atoms with Crippen LogP contribution in [0.1, 0.15) is 19.3 Å². The molecule has 0 aromatic carbocycles. The first-order valence-electron chi connectivity index (χ1n) is 5.57. The van der Waals surface area contributed by atoms with E-state index in [0.29, 0.717) is 0 Å². The summed E-state index contributed by atoms with van der Waals surface area (Å²) < 4.78 is 74.2. The summed E-state index contributed by atoms with van der Waals surface area (Å²) in [6.07, 6.45) is 20.5. The summed E-state index contributed by atoms with van der Waals surface area (Å²) in [4.78, 5) is 0. The van der Waals surface area contributed by atoms with E-state index in [-0.39, 0.29) is 17.1 Å². The van der Waals surface area contributed by atoms with E-state index >= 15 is 0 Å². The zero-order valence-electron chi connectivity index (χ0n) is 11.6. The topological polar surface area (TPSA) is 39.8 Å². The van der Waals surface area contributed by atoms with Crippen LogP contribution in [0.2, 0.25) is 0 Å². The minimum Gasteiger partial charge on any atom is -0.0527 e. The maximum Gasteiger partial charge on any atom is 0 e. The second-order valence-electron chi connectivity index (χ2n) is 3.52. The van der Waals surface area contributed by atoms with Crippen LogP contribution in [0.3, 0.4) is 0 Å². The van der Waals surface area contributed by atoms with E-state index in [1.807, 2.05) is 32.1 Å². The molecule has 2 fully saturated rings. The fourth-order valence-electron chi connectivity index (χ4n) is 0.963. The van der Waals surface area contributed by atoms with Gasteiger partial charge in [-0.25, -0.2) is 0 Å². The van der Waals surface area contributed by atoms with Gasteiger partial charge in [-0.2, -0.15) is 0 Å². The van der Waals surface area contributed by atoms with Crippen LogP contribution in [0, 0.1) is 64.7 Å². The SMILES string of the molecule is F[P-](F)(F)(F)(F)F.[C-]#[O+].[C-]#[O+].[CH]1[CH]CCC[CH]1.[CH]1[CH][CH][CH][CH]1.[Mn]. The molecule has 2 rings (SSSR count). The third kappa shape index (κ3) is 72.7. The quantitative estimate of drug-likeness (QED) is 0.154. The number of hydrogen-bond acceptors (Lipinski definition) is 0. The Morgan fingerprint density at radius 1 is 0.609 bits per heavy atom. The number of rotatable bonds is 0. The summed E-state index contributed by atoms with van der Waals surface area (Å²) in [5.74, 6) is 0. The van der Waals surface area contributed by atoms with Gasteiger partial charge in [-0.3, -0.25) is 0 Å². The van der Waals surface area contributed by atoms with Crippen LogP contribution in [0.15, 0.2) is 0 Å². The fraction of sp³-hybridized carbons (Fsp3) is 0.231. The van der Waals surface area contributed by atoms with Crippen molar-refractivity contribution < 1.29 is 51.6 Å². The van der Waals surface area contributed by atoms with Crippen molar-refractivity contribution in [1.29, 1.82) is 0 Å². The summed E-state index contributed by atoms with van der Waals surface area (Å²) in [5.41, 5.74) is 0. The first-order valence-corrected chi connectivity index (χ1v) is 7.60. The average Bonchev–Trinajstić information content (AvgIpc) is 3.01. The molecule has 9 radical (unpaired) electrons. The molecule has 0 amide bonds. The van der Waals surface area contributed by atoms with Crippen molar-refractivity contribution in [3.63, 3.8) is 0 Å². The van der Waals surface area contributed by atoms with E-state index < -0.39 is 7.81 Å². The number of halogens is 6. The molecule has 0 bridgehead atoms. The van der Waals surface area contributed by atoms with Crippen LogP contribution in [0.25, 0.3) is 0 Å². The summed E-state index contributed by atoms with van der Waals surface area (Å²) in [6, 6.07) is 0. The second kappa shape index (κ2) is 14.4. The van der Waals surface area contributed by atoms with Gasteiger partial charge in [-0.1, -0.05) is 6.42 Å². The normalized spacial score (nSPS) is 18.7. The molecular weight excluding hydrogens is 388 g/mol. The van der Waals surface area contributed by atoms with E-state index in [1.54, 1.807) is 0 Å². The minimum absolute atomic E-state index is 0. The van der Waals surface area contributed by atoms with Gasteiger partial charge in [-0.15, -0.1) is 0 Å². The molecule has 2 saturated carbocycles. The third-order valence-electron chi connectivity index (χ3n) is 1.57. The van der Waals surface area contributed by atoms with Crippen LogP contribution < -0.4 is 0 Å². The van der Waals surface area contributed by atoms with Gasteiger partial charge < -0.3 is 0 Å². The predicted molar refractivity (Wildman–Crippen MR) is 69.7 cm³/mol. The zero-order chi connectivity index (χ0) is 18.2. The number of hydrogen-bond donors (Lipinski definition) is 0. The van der Waals surface area contributed by atoms with Crippen molar-refractivity contribution in [2.45, 2.75) is 19.3 Å². The molecule has 0 unspecified atom stereocenters. The van der Waals surface area contributed by atoms with E-state index in [9.17, 15) is 25.2 Å². The Morgan fingerprint density at radius 3 is 0.913 bits per heavy atom. The maximum atomic E-state index is 9.87. The van der Waals surface area contributed by atoms with E-state index in [2.05, 4.69) is 32.6 Å². The Morgan fingerprint density at radius 2 is 0.826 bits per heavy atom.